The van der Waals surface area contributed by atoms with Crippen molar-refractivity contribution in [2.24, 2.45) is 5.92 Å². The number of rotatable bonds is 7. The van der Waals surface area contributed by atoms with E-state index < -0.39 is 0 Å². The van der Waals surface area contributed by atoms with E-state index in [-0.39, 0.29) is 5.54 Å². The molecule has 20 heavy (non-hydrogen) atoms. The van der Waals surface area contributed by atoms with E-state index in [0.717, 1.165) is 44.4 Å². The minimum Gasteiger partial charge on any atom is -0.494 e. The monoisotopic (exact) mass is 272 g/mol. The number of nitrogens with zero attached hydrogens (tertiary/aromatic N) is 1. The molecule has 0 radical (unpaired) electrons. The molecular formula is C17H24N2O. The second kappa shape index (κ2) is 7.31. The van der Waals surface area contributed by atoms with Gasteiger partial charge in [-0.2, -0.15) is 5.26 Å². The summed E-state index contributed by atoms with van der Waals surface area (Å²) in [5, 5.41) is 13.1. The molecule has 2 rings (SSSR count). The van der Waals surface area contributed by atoms with Gasteiger partial charge >= 0.3 is 0 Å². The van der Waals surface area contributed by atoms with Crippen LogP contribution in [0.4, 0.5) is 0 Å². The maximum Gasteiger partial charge on any atom is 0.119 e. The molecule has 3 nitrogen and oxygen atoms in total. The van der Waals surface area contributed by atoms with Gasteiger partial charge in [-0.25, -0.2) is 0 Å². The summed E-state index contributed by atoms with van der Waals surface area (Å²) in [5.74, 6) is 1.32. The summed E-state index contributed by atoms with van der Waals surface area (Å²) in [7, 11) is 0. The van der Waals surface area contributed by atoms with Crippen LogP contribution < -0.4 is 10.1 Å². The summed E-state index contributed by atoms with van der Waals surface area (Å²) in [6, 6.07) is 12.4. The van der Waals surface area contributed by atoms with Crippen molar-refractivity contribution in [1.29, 1.82) is 5.26 Å². The van der Waals surface area contributed by atoms with Gasteiger partial charge in [0.2, 0.25) is 0 Å². The van der Waals surface area contributed by atoms with Crippen LogP contribution in [0.15, 0.2) is 30.3 Å². The van der Waals surface area contributed by atoms with Crippen molar-refractivity contribution in [3.8, 4) is 11.8 Å². The highest BCUT2D eigenvalue weighted by molar-refractivity contribution is 5.21. The third-order valence-corrected chi connectivity index (χ3v) is 4.19. The second-order valence-corrected chi connectivity index (χ2v) is 5.55. The summed E-state index contributed by atoms with van der Waals surface area (Å²) in [5.41, 5.74) is -0.323. The number of nitrogens with one attached hydrogen (secondary N) is 1. The smallest absolute Gasteiger partial charge is 0.119 e. The molecule has 1 aromatic carbocycles. The van der Waals surface area contributed by atoms with Gasteiger partial charge in [0.05, 0.1) is 12.7 Å². The Hall–Kier alpha value is -1.53. The van der Waals surface area contributed by atoms with Crippen LogP contribution in [0.3, 0.4) is 0 Å². The molecule has 2 unspecified atom stereocenters. The molecule has 0 amide bonds. The van der Waals surface area contributed by atoms with Crippen molar-refractivity contribution in [3.05, 3.63) is 30.3 Å². The molecule has 1 aliphatic carbocycles. The van der Waals surface area contributed by atoms with Crippen molar-refractivity contribution < 1.29 is 4.74 Å². The minimum absolute atomic E-state index is 0.323. The van der Waals surface area contributed by atoms with Gasteiger partial charge in [-0.1, -0.05) is 31.5 Å². The first-order valence-electron chi connectivity index (χ1n) is 7.65. The lowest BCUT2D eigenvalue weighted by Gasteiger charge is -2.30. The fourth-order valence-corrected chi connectivity index (χ4v) is 3.07. The van der Waals surface area contributed by atoms with Crippen LogP contribution in [0.2, 0.25) is 0 Å². The zero-order valence-electron chi connectivity index (χ0n) is 12.3. The molecule has 0 heterocycles. The van der Waals surface area contributed by atoms with E-state index in [4.69, 9.17) is 4.74 Å². The van der Waals surface area contributed by atoms with Gasteiger partial charge in [0.25, 0.3) is 0 Å². The lowest BCUT2D eigenvalue weighted by Crippen LogP contribution is -2.47. The Kier molecular flexibility index (Phi) is 5.43. The average molecular weight is 272 g/mol. The summed E-state index contributed by atoms with van der Waals surface area (Å²) in [4.78, 5) is 0. The Labute approximate surface area is 121 Å². The fourth-order valence-electron chi connectivity index (χ4n) is 3.07. The third kappa shape index (κ3) is 3.52. The van der Waals surface area contributed by atoms with Gasteiger partial charge < -0.3 is 4.74 Å². The Morgan fingerprint density at radius 3 is 2.90 bits per heavy atom. The van der Waals surface area contributed by atoms with Gasteiger partial charge in [-0.3, -0.25) is 5.32 Å². The zero-order chi connectivity index (χ0) is 14.3. The highest BCUT2D eigenvalue weighted by Gasteiger charge is 2.42. The van der Waals surface area contributed by atoms with E-state index in [1.807, 2.05) is 30.3 Å². The quantitative estimate of drug-likeness (QED) is 0.826. The van der Waals surface area contributed by atoms with Gasteiger partial charge in [0.15, 0.2) is 0 Å². The van der Waals surface area contributed by atoms with Crippen molar-refractivity contribution in [2.75, 3.05) is 13.2 Å². The maximum absolute atomic E-state index is 9.58. The number of para-hydroxylation sites is 1. The highest BCUT2D eigenvalue weighted by Crippen LogP contribution is 2.37. The molecule has 2 atom stereocenters. The van der Waals surface area contributed by atoms with Crippen LogP contribution in [0.5, 0.6) is 5.75 Å². The van der Waals surface area contributed by atoms with Crippen LogP contribution in [-0.4, -0.2) is 18.7 Å². The molecule has 0 bridgehead atoms. The van der Waals surface area contributed by atoms with Crippen LogP contribution in [-0.2, 0) is 0 Å². The first kappa shape index (κ1) is 14.9. The van der Waals surface area contributed by atoms with E-state index in [0.29, 0.717) is 12.5 Å². The fraction of sp³-hybridized carbons (Fsp3) is 0.588. The molecule has 1 N–H and O–H groups in total. The second-order valence-electron chi connectivity index (χ2n) is 5.55. The van der Waals surface area contributed by atoms with Crippen LogP contribution in [0.1, 0.15) is 39.0 Å². The van der Waals surface area contributed by atoms with Crippen molar-refractivity contribution in [2.45, 2.75) is 44.6 Å². The van der Waals surface area contributed by atoms with E-state index in [9.17, 15) is 5.26 Å². The molecule has 0 spiro atoms. The van der Waals surface area contributed by atoms with Gasteiger partial charge in [-0.05, 0) is 50.3 Å². The number of ether oxygens (including phenoxy) is 1. The summed E-state index contributed by atoms with van der Waals surface area (Å²) in [6.45, 7) is 3.75. The average Bonchev–Trinajstić information content (AvgIpc) is 2.90. The predicted molar refractivity (Wildman–Crippen MR) is 80.5 cm³/mol. The normalized spacial score (nSPS) is 25.3. The van der Waals surface area contributed by atoms with E-state index in [1.54, 1.807) is 0 Å². The highest BCUT2D eigenvalue weighted by atomic mass is 16.5. The molecule has 1 aromatic rings. The largest absolute Gasteiger partial charge is 0.494 e. The number of benzene rings is 1. The van der Waals surface area contributed by atoms with Crippen LogP contribution in [0, 0.1) is 17.2 Å². The van der Waals surface area contributed by atoms with Crippen molar-refractivity contribution >= 4 is 0 Å². The van der Waals surface area contributed by atoms with Crippen LogP contribution in [0.25, 0.3) is 0 Å². The van der Waals surface area contributed by atoms with Crippen LogP contribution >= 0.6 is 0 Å². The number of nitriles is 1. The lowest BCUT2D eigenvalue weighted by molar-refractivity contribution is 0.233. The summed E-state index contributed by atoms with van der Waals surface area (Å²) >= 11 is 0. The molecule has 108 valence electrons. The molecule has 0 saturated heterocycles. The molecule has 1 saturated carbocycles. The summed E-state index contributed by atoms with van der Waals surface area (Å²) in [6.07, 6.45) is 5.25. The molecular weight excluding hydrogens is 248 g/mol. The SMILES string of the molecule is CCCNC1(C#N)CCCC1CCOc1ccccc1. The third-order valence-electron chi connectivity index (χ3n) is 4.19. The predicted octanol–water partition coefficient (Wildman–Crippen LogP) is 3.52. The van der Waals surface area contributed by atoms with Gasteiger partial charge in [-0.15, -0.1) is 0 Å². The summed E-state index contributed by atoms with van der Waals surface area (Å²) < 4.78 is 5.77. The Morgan fingerprint density at radius 2 is 2.20 bits per heavy atom. The Balaban J connectivity index is 1.86. The maximum atomic E-state index is 9.58. The Morgan fingerprint density at radius 1 is 1.40 bits per heavy atom. The molecule has 1 aliphatic rings. The van der Waals surface area contributed by atoms with Gasteiger partial charge in [0.1, 0.15) is 11.3 Å². The number of hydrogen-bond acceptors (Lipinski definition) is 3. The zero-order valence-corrected chi connectivity index (χ0v) is 12.3. The van der Waals surface area contributed by atoms with E-state index in [2.05, 4.69) is 18.3 Å². The lowest BCUT2D eigenvalue weighted by atomic mass is 9.86. The number of hydrogen-bond donors (Lipinski definition) is 1. The van der Waals surface area contributed by atoms with E-state index in [1.165, 1.54) is 0 Å². The molecule has 3 heteroatoms. The molecule has 0 aromatic heterocycles. The minimum atomic E-state index is -0.323. The van der Waals surface area contributed by atoms with Crippen molar-refractivity contribution in [3.63, 3.8) is 0 Å². The van der Waals surface area contributed by atoms with Gasteiger partial charge in [0, 0.05) is 0 Å². The topological polar surface area (TPSA) is 45.0 Å². The van der Waals surface area contributed by atoms with E-state index >= 15 is 0 Å². The first-order chi connectivity index (χ1) is 9.80. The first-order valence-corrected chi connectivity index (χ1v) is 7.65. The standard InChI is InChI=1S/C17H24N2O/c1-2-12-19-17(14-18)11-6-7-15(17)10-13-20-16-8-4-3-5-9-16/h3-5,8-9,15,19H,2,6-7,10-13H2,1H3. The Bertz CT molecular complexity index is 440. The molecule has 0 aliphatic heterocycles. The molecule has 1 fully saturated rings. The van der Waals surface area contributed by atoms with Crippen molar-refractivity contribution in [1.82, 2.24) is 5.32 Å².